The lowest BCUT2D eigenvalue weighted by molar-refractivity contribution is 0.197. The molecule has 0 unspecified atom stereocenters. The number of aromatic nitrogens is 3. The smallest absolute Gasteiger partial charge is 0.415 e. The number of carbonyl (C=O) groups is 1. The minimum absolute atomic E-state index is 0.426. The Morgan fingerprint density at radius 3 is 2.96 bits per heavy atom. The summed E-state index contributed by atoms with van der Waals surface area (Å²) in [4.78, 5) is 19.4. The first-order valence-corrected chi connectivity index (χ1v) is 7.70. The topological polar surface area (TPSA) is 98.5 Å². The molecule has 0 spiro atoms. The van der Waals surface area contributed by atoms with E-state index in [0.717, 1.165) is 22.2 Å². The summed E-state index contributed by atoms with van der Waals surface area (Å²) in [6, 6.07) is 8.66. The van der Waals surface area contributed by atoms with Crippen LogP contribution in [0.15, 0.2) is 42.9 Å². The van der Waals surface area contributed by atoms with Crippen molar-refractivity contribution in [1.82, 2.24) is 19.9 Å². The van der Waals surface area contributed by atoms with E-state index in [1.165, 1.54) is 12.5 Å². The minimum Gasteiger partial charge on any atom is -0.464 e. The van der Waals surface area contributed by atoms with Gasteiger partial charge >= 0.3 is 6.09 Å². The highest BCUT2D eigenvalue weighted by Gasteiger charge is 2.08. The zero-order valence-electron chi connectivity index (χ0n) is 13.7. The Bertz CT molecular complexity index is 878. The van der Waals surface area contributed by atoms with Crippen LogP contribution < -0.4 is 10.1 Å². The fourth-order valence-electron chi connectivity index (χ4n) is 2.39. The Morgan fingerprint density at radius 2 is 2.16 bits per heavy atom. The van der Waals surface area contributed by atoms with E-state index in [-0.39, 0.29) is 0 Å². The van der Waals surface area contributed by atoms with E-state index in [1.807, 2.05) is 0 Å². The molecule has 2 N–H and O–H groups in total. The summed E-state index contributed by atoms with van der Waals surface area (Å²) in [6.45, 7) is 1.95. The Morgan fingerprint density at radius 1 is 1.28 bits per heavy atom. The molecule has 8 nitrogen and oxygen atoms in total. The van der Waals surface area contributed by atoms with Crippen molar-refractivity contribution in [1.29, 1.82) is 0 Å². The summed E-state index contributed by atoms with van der Waals surface area (Å²) >= 11 is 0. The van der Waals surface area contributed by atoms with Gasteiger partial charge in [-0.15, -0.1) is 0 Å². The number of carboxylic acid groups (broad SMARTS) is 1. The zero-order valence-corrected chi connectivity index (χ0v) is 13.7. The Hall–Kier alpha value is -2.97. The van der Waals surface area contributed by atoms with Crippen LogP contribution in [0.5, 0.6) is 11.6 Å². The van der Waals surface area contributed by atoms with Gasteiger partial charge in [-0.1, -0.05) is 0 Å². The lowest BCUT2D eigenvalue weighted by atomic mass is 10.2. The first-order valence-electron chi connectivity index (χ1n) is 7.70. The monoisotopic (exact) mass is 342 g/mol. The van der Waals surface area contributed by atoms with Gasteiger partial charge in [0.1, 0.15) is 12.1 Å². The second-order valence-corrected chi connectivity index (χ2v) is 5.31. The largest absolute Gasteiger partial charge is 0.464 e. The summed E-state index contributed by atoms with van der Waals surface area (Å²) in [5.74, 6) is 1.00. The van der Waals surface area contributed by atoms with Gasteiger partial charge in [-0.3, -0.25) is 4.57 Å². The van der Waals surface area contributed by atoms with Crippen molar-refractivity contribution in [2.24, 2.45) is 0 Å². The van der Waals surface area contributed by atoms with Gasteiger partial charge in [0.2, 0.25) is 5.88 Å². The quantitative estimate of drug-likeness (QED) is 0.636. The summed E-state index contributed by atoms with van der Waals surface area (Å²) in [5.41, 5.74) is 1.41. The highest BCUT2D eigenvalue weighted by atomic mass is 16.5. The predicted molar refractivity (Wildman–Crippen MR) is 91.0 cm³/mol. The van der Waals surface area contributed by atoms with Crippen LogP contribution in [0.4, 0.5) is 4.79 Å². The van der Waals surface area contributed by atoms with Gasteiger partial charge in [-0.2, -0.15) is 0 Å². The molecule has 0 aliphatic heterocycles. The molecule has 25 heavy (non-hydrogen) atoms. The van der Waals surface area contributed by atoms with Crippen LogP contribution >= 0.6 is 0 Å². The number of benzene rings is 1. The molecule has 0 bridgehead atoms. The molecule has 0 saturated carbocycles. The molecular weight excluding hydrogens is 324 g/mol. The van der Waals surface area contributed by atoms with Gasteiger partial charge in [0, 0.05) is 37.8 Å². The van der Waals surface area contributed by atoms with Crippen LogP contribution in [0, 0.1) is 0 Å². The SMILES string of the molecule is COCCNCc1cc(Oc2ccc3c(ccn3C(=O)O)c2)ncn1. The highest BCUT2D eigenvalue weighted by Crippen LogP contribution is 2.25. The van der Waals surface area contributed by atoms with Gasteiger partial charge in [-0.05, 0) is 24.3 Å². The molecule has 0 amide bonds. The van der Waals surface area contributed by atoms with E-state index in [0.29, 0.717) is 30.3 Å². The Kier molecular flexibility index (Phi) is 5.22. The number of fused-ring (bicyclic) bond motifs is 1. The third kappa shape index (κ3) is 4.11. The van der Waals surface area contributed by atoms with E-state index in [1.54, 1.807) is 37.4 Å². The van der Waals surface area contributed by atoms with Gasteiger partial charge in [0.25, 0.3) is 0 Å². The van der Waals surface area contributed by atoms with Crippen LogP contribution in [0.25, 0.3) is 10.9 Å². The molecule has 0 fully saturated rings. The normalized spacial score (nSPS) is 10.9. The Labute approximate surface area is 144 Å². The van der Waals surface area contributed by atoms with Gasteiger partial charge in [0.05, 0.1) is 17.8 Å². The second-order valence-electron chi connectivity index (χ2n) is 5.31. The van der Waals surface area contributed by atoms with Crippen molar-refractivity contribution in [2.75, 3.05) is 20.3 Å². The average Bonchev–Trinajstić information content (AvgIpc) is 3.02. The third-order valence-corrected chi connectivity index (χ3v) is 3.58. The molecule has 130 valence electrons. The number of rotatable bonds is 7. The number of nitrogens with one attached hydrogen (secondary N) is 1. The third-order valence-electron chi connectivity index (χ3n) is 3.58. The molecule has 2 aromatic heterocycles. The molecule has 0 radical (unpaired) electrons. The molecule has 0 aliphatic carbocycles. The van der Waals surface area contributed by atoms with E-state index < -0.39 is 6.09 Å². The standard InChI is InChI=1S/C17H18N4O4/c1-24-7-5-18-10-13-9-16(20-11-19-13)25-14-2-3-15-12(8-14)4-6-21(15)17(22)23/h2-4,6,8-9,11,18H,5,7,10H2,1H3,(H,22,23). The molecule has 8 heteroatoms. The van der Waals surface area contributed by atoms with Gasteiger partial charge < -0.3 is 19.9 Å². The lowest BCUT2D eigenvalue weighted by Gasteiger charge is -2.07. The lowest BCUT2D eigenvalue weighted by Crippen LogP contribution is -2.19. The fraction of sp³-hybridized carbons (Fsp3) is 0.235. The number of hydrogen-bond acceptors (Lipinski definition) is 6. The predicted octanol–water partition coefficient (Wildman–Crippen LogP) is 2.49. The van der Waals surface area contributed by atoms with E-state index >= 15 is 0 Å². The maximum atomic E-state index is 11.1. The Balaban J connectivity index is 1.71. The molecule has 3 aromatic rings. The van der Waals surface area contributed by atoms with E-state index in [9.17, 15) is 4.79 Å². The number of methoxy groups -OCH3 is 1. The zero-order chi connectivity index (χ0) is 17.6. The van der Waals surface area contributed by atoms with Crippen molar-refractivity contribution in [3.63, 3.8) is 0 Å². The van der Waals surface area contributed by atoms with Crippen molar-refractivity contribution in [3.8, 4) is 11.6 Å². The van der Waals surface area contributed by atoms with Crippen LogP contribution in [0.3, 0.4) is 0 Å². The van der Waals surface area contributed by atoms with Crippen LogP contribution in [0.2, 0.25) is 0 Å². The summed E-state index contributed by atoms with van der Waals surface area (Å²) < 4.78 is 11.9. The minimum atomic E-state index is -1.02. The number of ether oxygens (including phenoxy) is 2. The van der Waals surface area contributed by atoms with Gasteiger partial charge in [0.15, 0.2) is 0 Å². The first kappa shape index (κ1) is 16.9. The first-order chi connectivity index (χ1) is 12.2. The maximum Gasteiger partial charge on any atom is 0.415 e. The highest BCUT2D eigenvalue weighted by molar-refractivity contribution is 5.89. The maximum absolute atomic E-state index is 11.1. The van der Waals surface area contributed by atoms with Crippen LogP contribution in [-0.4, -0.2) is 46.0 Å². The molecule has 0 aliphatic rings. The summed E-state index contributed by atoms with van der Waals surface area (Å²) in [7, 11) is 1.65. The van der Waals surface area contributed by atoms with Crippen molar-refractivity contribution in [2.45, 2.75) is 6.54 Å². The van der Waals surface area contributed by atoms with Crippen molar-refractivity contribution < 1.29 is 19.4 Å². The van der Waals surface area contributed by atoms with E-state index in [4.69, 9.17) is 14.6 Å². The van der Waals surface area contributed by atoms with Crippen LogP contribution in [-0.2, 0) is 11.3 Å². The van der Waals surface area contributed by atoms with Crippen LogP contribution in [0.1, 0.15) is 5.69 Å². The molecule has 2 heterocycles. The van der Waals surface area contributed by atoms with Crippen molar-refractivity contribution >= 4 is 17.0 Å². The average molecular weight is 342 g/mol. The van der Waals surface area contributed by atoms with Gasteiger partial charge in [-0.25, -0.2) is 14.8 Å². The van der Waals surface area contributed by atoms with Crippen molar-refractivity contribution in [3.05, 3.63) is 48.5 Å². The number of nitrogens with zero attached hydrogens (tertiary/aromatic N) is 3. The fourth-order valence-corrected chi connectivity index (χ4v) is 2.39. The number of hydrogen-bond donors (Lipinski definition) is 2. The summed E-state index contributed by atoms with van der Waals surface area (Å²) in [5, 5.41) is 13.1. The van der Waals surface area contributed by atoms with E-state index in [2.05, 4.69) is 15.3 Å². The molecule has 3 rings (SSSR count). The second kappa shape index (κ2) is 7.73. The molecule has 0 atom stereocenters. The molecule has 0 saturated heterocycles. The molecule has 1 aromatic carbocycles. The molecular formula is C17H18N4O4. The summed E-state index contributed by atoms with van der Waals surface area (Å²) in [6.07, 6.45) is 1.93.